The Bertz CT molecular complexity index is 3530. The Morgan fingerprint density at radius 2 is 0.949 bits per heavy atom. The summed E-state index contributed by atoms with van der Waals surface area (Å²) in [5.74, 6) is 0.622. The van der Waals surface area contributed by atoms with Gasteiger partial charge in [0.1, 0.15) is 16.7 Å². The SMILES string of the molecule is c1ccc(-c2ccc(N(c3ccc(-c4cccc5oc6ccccc6c45)cc3)c3cccc4c3ccc3ccc5ccc6nc(-c7ccccc7)oc6c5c34)cc2)cc1. The molecule has 0 saturated carbocycles. The predicted molar refractivity (Wildman–Crippen MR) is 245 cm³/mol. The fraction of sp³-hybridized carbons (Fsp3) is 0. The Morgan fingerprint density at radius 3 is 1.73 bits per heavy atom. The van der Waals surface area contributed by atoms with Crippen LogP contribution in [0.25, 0.3) is 99.1 Å². The highest BCUT2D eigenvalue weighted by Crippen LogP contribution is 2.45. The monoisotopic (exact) mass is 754 g/mol. The van der Waals surface area contributed by atoms with Crippen LogP contribution in [0, 0.1) is 0 Å². The van der Waals surface area contributed by atoms with Crippen molar-refractivity contribution in [1.82, 2.24) is 4.98 Å². The van der Waals surface area contributed by atoms with E-state index in [2.05, 4.69) is 169 Å². The van der Waals surface area contributed by atoms with Crippen LogP contribution >= 0.6 is 0 Å². The molecule has 0 aliphatic rings. The van der Waals surface area contributed by atoms with Crippen LogP contribution in [0.5, 0.6) is 0 Å². The van der Waals surface area contributed by atoms with E-state index in [4.69, 9.17) is 13.8 Å². The van der Waals surface area contributed by atoms with Crippen LogP contribution in [-0.4, -0.2) is 4.98 Å². The number of nitrogens with zero attached hydrogens (tertiary/aromatic N) is 2. The van der Waals surface area contributed by atoms with Gasteiger partial charge in [-0.2, -0.15) is 0 Å². The first-order chi connectivity index (χ1) is 29.2. The van der Waals surface area contributed by atoms with E-state index >= 15 is 0 Å². The number of hydrogen-bond acceptors (Lipinski definition) is 4. The van der Waals surface area contributed by atoms with Crippen LogP contribution in [0.4, 0.5) is 17.1 Å². The molecule has 0 saturated heterocycles. The maximum Gasteiger partial charge on any atom is 0.227 e. The van der Waals surface area contributed by atoms with Gasteiger partial charge in [-0.15, -0.1) is 0 Å². The van der Waals surface area contributed by atoms with Crippen molar-refractivity contribution < 1.29 is 8.83 Å². The molecule has 0 aliphatic heterocycles. The van der Waals surface area contributed by atoms with Gasteiger partial charge in [0.25, 0.3) is 0 Å². The minimum Gasteiger partial charge on any atom is -0.456 e. The minimum atomic E-state index is 0.622. The highest BCUT2D eigenvalue weighted by Gasteiger charge is 2.20. The second kappa shape index (κ2) is 13.3. The van der Waals surface area contributed by atoms with Crippen molar-refractivity contribution in [3.8, 4) is 33.7 Å². The normalized spacial score (nSPS) is 11.7. The second-order valence-electron chi connectivity index (χ2n) is 15.1. The molecule has 59 heavy (non-hydrogen) atoms. The van der Waals surface area contributed by atoms with Gasteiger partial charge in [0.15, 0.2) is 5.58 Å². The van der Waals surface area contributed by atoms with Gasteiger partial charge in [0, 0.05) is 43.9 Å². The molecule has 2 aromatic heterocycles. The third-order valence-electron chi connectivity index (χ3n) is 11.7. The Kier molecular flexibility index (Phi) is 7.50. The molecule has 0 unspecified atom stereocenters. The highest BCUT2D eigenvalue weighted by molar-refractivity contribution is 6.27. The number of para-hydroxylation sites is 1. The maximum atomic E-state index is 6.65. The van der Waals surface area contributed by atoms with Gasteiger partial charge in [0.05, 0.1) is 5.69 Å². The molecule has 2 heterocycles. The molecule has 0 fully saturated rings. The van der Waals surface area contributed by atoms with Gasteiger partial charge in [-0.05, 0) is 99.1 Å². The largest absolute Gasteiger partial charge is 0.456 e. The van der Waals surface area contributed by atoms with Gasteiger partial charge in [-0.3, -0.25) is 0 Å². The molecule has 10 aromatic carbocycles. The third-order valence-corrected chi connectivity index (χ3v) is 11.7. The summed E-state index contributed by atoms with van der Waals surface area (Å²) in [4.78, 5) is 7.33. The number of aromatic nitrogens is 1. The Balaban J connectivity index is 1.06. The summed E-state index contributed by atoms with van der Waals surface area (Å²) < 4.78 is 12.9. The summed E-state index contributed by atoms with van der Waals surface area (Å²) in [6, 6.07) is 72.9. The number of oxazole rings is 1. The van der Waals surface area contributed by atoms with Crippen LogP contribution in [0.3, 0.4) is 0 Å². The Labute approximate surface area is 339 Å². The van der Waals surface area contributed by atoms with Crippen LogP contribution in [0.1, 0.15) is 0 Å². The molecule has 0 N–H and O–H groups in total. The first-order valence-electron chi connectivity index (χ1n) is 19.9. The highest BCUT2D eigenvalue weighted by atomic mass is 16.3. The number of rotatable bonds is 6. The molecule has 0 radical (unpaired) electrons. The number of benzene rings is 10. The quantitative estimate of drug-likeness (QED) is 0.159. The zero-order valence-electron chi connectivity index (χ0n) is 31.8. The topological polar surface area (TPSA) is 42.4 Å². The van der Waals surface area contributed by atoms with Gasteiger partial charge in [-0.25, -0.2) is 4.98 Å². The molecule has 12 aromatic rings. The van der Waals surface area contributed by atoms with Gasteiger partial charge >= 0.3 is 0 Å². The molecular formula is C55H34N2O2. The van der Waals surface area contributed by atoms with Gasteiger partial charge < -0.3 is 13.7 Å². The van der Waals surface area contributed by atoms with E-state index in [0.717, 1.165) is 99.1 Å². The van der Waals surface area contributed by atoms with E-state index in [1.807, 2.05) is 42.5 Å². The van der Waals surface area contributed by atoms with E-state index in [-0.39, 0.29) is 0 Å². The molecule has 12 rings (SSSR count). The average Bonchev–Trinajstić information content (AvgIpc) is 3.93. The van der Waals surface area contributed by atoms with E-state index in [1.54, 1.807) is 0 Å². The summed E-state index contributed by atoms with van der Waals surface area (Å²) in [6.45, 7) is 0. The lowest BCUT2D eigenvalue weighted by Crippen LogP contribution is -2.10. The first-order valence-corrected chi connectivity index (χ1v) is 19.9. The lowest BCUT2D eigenvalue weighted by molar-refractivity contribution is 0.623. The predicted octanol–water partition coefficient (Wildman–Crippen LogP) is 15.7. The second-order valence-corrected chi connectivity index (χ2v) is 15.1. The fourth-order valence-electron chi connectivity index (χ4n) is 8.92. The molecule has 0 aliphatic carbocycles. The number of furan rings is 1. The molecule has 0 spiro atoms. The molecular weight excluding hydrogens is 721 g/mol. The molecule has 0 atom stereocenters. The smallest absolute Gasteiger partial charge is 0.227 e. The molecule has 0 amide bonds. The molecule has 4 nitrogen and oxygen atoms in total. The van der Waals surface area contributed by atoms with Crippen molar-refractivity contribution in [3.63, 3.8) is 0 Å². The summed E-state index contributed by atoms with van der Waals surface area (Å²) in [6.07, 6.45) is 0. The lowest BCUT2D eigenvalue weighted by Gasteiger charge is -2.27. The number of fused-ring (bicyclic) bond motifs is 10. The fourth-order valence-corrected chi connectivity index (χ4v) is 8.92. The van der Waals surface area contributed by atoms with Crippen LogP contribution in [0.2, 0.25) is 0 Å². The van der Waals surface area contributed by atoms with E-state index in [0.29, 0.717) is 5.89 Å². The van der Waals surface area contributed by atoms with Crippen molar-refractivity contribution in [2.45, 2.75) is 0 Å². The summed E-state index contributed by atoms with van der Waals surface area (Å²) in [5.41, 5.74) is 12.2. The van der Waals surface area contributed by atoms with Gasteiger partial charge in [-0.1, -0.05) is 146 Å². The molecule has 276 valence electrons. The van der Waals surface area contributed by atoms with E-state index in [1.165, 1.54) is 11.1 Å². The number of hydrogen-bond donors (Lipinski definition) is 0. The maximum absolute atomic E-state index is 6.65. The third kappa shape index (κ3) is 5.42. The summed E-state index contributed by atoms with van der Waals surface area (Å²) >= 11 is 0. The summed E-state index contributed by atoms with van der Waals surface area (Å²) in [5, 5.41) is 9.03. The van der Waals surface area contributed by atoms with Crippen molar-refractivity contribution in [2.24, 2.45) is 0 Å². The molecule has 4 heteroatoms. The van der Waals surface area contributed by atoms with Crippen molar-refractivity contribution >= 4 is 82.4 Å². The Hall–Kier alpha value is -7.95. The average molecular weight is 755 g/mol. The summed E-state index contributed by atoms with van der Waals surface area (Å²) in [7, 11) is 0. The van der Waals surface area contributed by atoms with Crippen LogP contribution in [0.15, 0.2) is 215 Å². The van der Waals surface area contributed by atoms with E-state index < -0.39 is 0 Å². The van der Waals surface area contributed by atoms with Crippen molar-refractivity contribution in [1.29, 1.82) is 0 Å². The zero-order valence-corrected chi connectivity index (χ0v) is 31.8. The minimum absolute atomic E-state index is 0.622. The number of anilines is 3. The Morgan fingerprint density at radius 1 is 0.356 bits per heavy atom. The first kappa shape index (κ1) is 33.2. The van der Waals surface area contributed by atoms with Crippen molar-refractivity contribution in [3.05, 3.63) is 206 Å². The van der Waals surface area contributed by atoms with Crippen LogP contribution in [-0.2, 0) is 0 Å². The molecule has 0 bridgehead atoms. The van der Waals surface area contributed by atoms with Gasteiger partial charge in [0.2, 0.25) is 5.89 Å². The van der Waals surface area contributed by atoms with Crippen molar-refractivity contribution in [2.75, 3.05) is 4.90 Å². The lowest BCUT2D eigenvalue weighted by atomic mass is 9.94. The van der Waals surface area contributed by atoms with Crippen LogP contribution < -0.4 is 4.90 Å². The zero-order chi connectivity index (χ0) is 38.9. The van der Waals surface area contributed by atoms with E-state index in [9.17, 15) is 0 Å². The standard InChI is InChI=1S/C55H34N2O2/c1-3-11-35(12-4-1)36-23-29-41(30-24-36)57(42-31-25-37(26-32-42)43-16-10-20-50-53(43)46-15-7-8-19-49(46)58-50)48-18-9-17-45-44(48)33-27-38-21-22-39-28-34-47-54(52(39)51(38)45)59-55(56-47)40-13-5-2-6-14-40/h1-34H.